The van der Waals surface area contributed by atoms with E-state index in [1.54, 1.807) is 0 Å². The Balaban J connectivity index is 1.64. The third-order valence-electron chi connectivity index (χ3n) is 4.96. The predicted octanol–water partition coefficient (Wildman–Crippen LogP) is 2.71. The zero-order valence-corrected chi connectivity index (χ0v) is 14.2. The maximum Gasteiger partial charge on any atom is 0.243 e. The molecular weight excluding hydrogens is 302 g/mol. The first-order valence-corrected chi connectivity index (χ1v) is 8.86. The van der Waals surface area contributed by atoms with E-state index in [0.717, 1.165) is 30.5 Å². The molecule has 0 saturated heterocycles. The van der Waals surface area contributed by atoms with Crippen LogP contribution >= 0.6 is 0 Å². The van der Waals surface area contributed by atoms with E-state index < -0.39 is 0 Å². The van der Waals surface area contributed by atoms with E-state index in [9.17, 15) is 9.59 Å². The van der Waals surface area contributed by atoms with Crippen LogP contribution in [0.3, 0.4) is 0 Å². The highest BCUT2D eigenvalue weighted by Crippen LogP contribution is 2.23. The summed E-state index contributed by atoms with van der Waals surface area (Å²) in [7, 11) is 0. The van der Waals surface area contributed by atoms with Crippen LogP contribution in [0.1, 0.15) is 51.0 Å². The maximum absolute atomic E-state index is 12.3. The van der Waals surface area contributed by atoms with Gasteiger partial charge >= 0.3 is 0 Å². The molecule has 3 rings (SSSR count). The van der Waals surface area contributed by atoms with Crippen LogP contribution in [0.5, 0.6) is 0 Å². The van der Waals surface area contributed by atoms with Crippen molar-refractivity contribution in [3.05, 3.63) is 35.9 Å². The lowest BCUT2D eigenvalue weighted by Gasteiger charge is -2.30. The summed E-state index contributed by atoms with van der Waals surface area (Å²) in [4.78, 5) is 24.4. The highest BCUT2D eigenvalue weighted by molar-refractivity contribution is 6.04. The van der Waals surface area contributed by atoms with Crippen molar-refractivity contribution in [2.75, 3.05) is 6.54 Å². The fourth-order valence-electron chi connectivity index (χ4n) is 3.48. The molecule has 24 heavy (non-hydrogen) atoms. The van der Waals surface area contributed by atoms with E-state index in [-0.39, 0.29) is 24.4 Å². The molecule has 0 aromatic heterocycles. The first kappa shape index (κ1) is 16.7. The zero-order valence-electron chi connectivity index (χ0n) is 14.2. The molecule has 2 amide bonds. The maximum atomic E-state index is 12.3. The Morgan fingerprint density at radius 3 is 2.71 bits per heavy atom. The number of nitrogens with zero attached hydrogens (tertiary/aromatic N) is 2. The van der Waals surface area contributed by atoms with Crippen molar-refractivity contribution in [3.63, 3.8) is 0 Å². The Labute approximate surface area is 143 Å². The molecular formula is C19H25N3O2. The van der Waals surface area contributed by atoms with Crippen LogP contribution in [0, 0.1) is 5.92 Å². The van der Waals surface area contributed by atoms with Crippen molar-refractivity contribution in [3.8, 4) is 0 Å². The Kier molecular flexibility index (Phi) is 5.28. The van der Waals surface area contributed by atoms with E-state index in [1.807, 2.05) is 30.3 Å². The molecule has 1 aliphatic heterocycles. The Bertz CT molecular complexity index is 627. The number of rotatable bonds is 4. The van der Waals surface area contributed by atoms with Gasteiger partial charge in [0.25, 0.3) is 0 Å². The molecule has 1 fully saturated rings. The van der Waals surface area contributed by atoms with Crippen LogP contribution in [-0.4, -0.2) is 35.1 Å². The molecule has 1 aliphatic carbocycles. The van der Waals surface area contributed by atoms with Gasteiger partial charge in [-0.05, 0) is 24.3 Å². The van der Waals surface area contributed by atoms with Crippen LogP contribution in [0.15, 0.2) is 35.4 Å². The van der Waals surface area contributed by atoms with E-state index >= 15 is 0 Å². The van der Waals surface area contributed by atoms with Crippen molar-refractivity contribution < 1.29 is 9.59 Å². The molecule has 1 N–H and O–H groups in total. The van der Waals surface area contributed by atoms with E-state index in [4.69, 9.17) is 0 Å². The molecule has 5 heteroatoms. The summed E-state index contributed by atoms with van der Waals surface area (Å²) in [6.45, 7) is 2.19. The highest BCUT2D eigenvalue weighted by Gasteiger charge is 2.26. The molecule has 1 heterocycles. The highest BCUT2D eigenvalue weighted by atomic mass is 16.2. The second-order valence-electron chi connectivity index (χ2n) is 6.80. The van der Waals surface area contributed by atoms with Gasteiger partial charge in [0.05, 0.1) is 5.71 Å². The van der Waals surface area contributed by atoms with Crippen LogP contribution in [0.25, 0.3) is 0 Å². The van der Waals surface area contributed by atoms with Gasteiger partial charge in [-0.15, -0.1) is 0 Å². The summed E-state index contributed by atoms with van der Waals surface area (Å²) in [5.74, 6) is 0.310. The van der Waals surface area contributed by atoms with Crippen LogP contribution < -0.4 is 5.32 Å². The lowest BCUT2D eigenvalue weighted by atomic mass is 9.86. The monoisotopic (exact) mass is 327 g/mol. The number of carbonyl (C=O) groups is 2. The van der Waals surface area contributed by atoms with Gasteiger partial charge in [-0.1, -0.05) is 50.1 Å². The Morgan fingerprint density at radius 1 is 1.21 bits per heavy atom. The van der Waals surface area contributed by atoms with Gasteiger partial charge in [0.2, 0.25) is 11.8 Å². The fraction of sp³-hybridized carbons (Fsp3) is 0.526. The lowest BCUT2D eigenvalue weighted by molar-refractivity contribution is -0.136. The Morgan fingerprint density at radius 2 is 1.96 bits per heavy atom. The van der Waals surface area contributed by atoms with Gasteiger partial charge in [0.15, 0.2) is 0 Å². The fourth-order valence-corrected chi connectivity index (χ4v) is 3.48. The minimum absolute atomic E-state index is 0.0123. The molecule has 0 radical (unpaired) electrons. The lowest BCUT2D eigenvalue weighted by Crippen LogP contribution is -2.46. The van der Waals surface area contributed by atoms with Crippen molar-refractivity contribution in [2.24, 2.45) is 11.0 Å². The molecule has 1 aromatic carbocycles. The summed E-state index contributed by atoms with van der Waals surface area (Å²) in [5, 5.41) is 8.84. The van der Waals surface area contributed by atoms with Crippen molar-refractivity contribution in [1.82, 2.24) is 10.3 Å². The van der Waals surface area contributed by atoms with Gasteiger partial charge < -0.3 is 5.32 Å². The second-order valence-corrected chi connectivity index (χ2v) is 6.80. The average Bonchev–Trinajstić information content (AvgIpc) is 2.60. The summed E-state index contributed by atoms with van der Waals surface area (Å²) < 4.78 is 0. The number of hydrazone groups is 1. The third kappa shape index (κ3) is 4.02. The van der Waals surface area contributed by atoms with E-state index in [1.165, 1.54) is 11.4 Å². The second kappa shape index (κ2) is 7.60. The van der Waals surface area contributed by atoms with Crippen LogP contribution in [0.2, 0.25) is 0 Å². The molecule has 2 aliphatic rings. The smallest absolute Gasteiger partial charge is 0.243 e. The van der Waals surface area contributed by atoms with Gasteiger partial charge in [0.1, 0.15) is 6.54 Å². The molecule has 2 atom stereocenters. The summed E-state index contributed by atoms with van der Waals surface area (Å²) in [6.07, 6.45) is 5.61. The number of nitrogens with one attached hydrogen (secondary N) is 1. The first-order chi connectivity index (χ1) is 11.6. The topological polar surface area (TPSA) is 61.8 Å². The van der Waals surface area contributed by atoms with Crippen LogP contribution in [0.4, 0.5) is 0 Å². The molecule has 5 nitrogen and oxygen atoms in total. The molecule has 1 saturated carbocycles. The quantitative estimate of drug-likeness (QED) is 0.924. The largest absolute Gasteiger partial charge is 0.351 e. The van der Waals surface area contributed by atoms with Crippen molar-refractivity contribution in [2.45, 2.75) is 51.5 Å². The minimum Gasteiger partial charge on any atom is -0.351 e. The standard InChI is InChI=1S/C19H25N3O2/c1-14-7-5-6-10-16(14)20-18(23)13-22-19(24)12-11-17(21-22)15-8-3-2-4-9-15/h2-4,8-9,14,16H,5-7,10-13H2,1H3,(H,20,23)/t14-,16+/m0/s1. The van der Waals surface area contributed by atoms with Gasteiger partial charge in [-0.25, -0.2) is 5.01 Å². The van der Waals surface area contributed by atoms with Gasteiger partial charge in [-0.3, -0.25) is 9.59 Å². The SMILES string of the molecule is C[C@H]1CCCC[C@H]1NC(=O)CN1N=C(c2ccccc2)CCC1=O. The molecule has 0 spiro atoms. The summed E-state index contributed by atoms with van der Waals surface area (Å²) in [6, 6.07) is 10.1. The summed E-state index contributed by atoms with van der Waals surface area (Å²) in [5.41, 5.74) is 1.88. The minimum atomic E-state index is -0.111. The number of carbonyl (C=O) groups excluding carboxylic acids is 2. The molecule has 0 bridgehead atoms. The third-order valence-corrected chi connectivity index (χ3v) is 4.96. The number of hydrogen-bond donors (Lipinski definition) is 1. The summed E-state index contributed by atoms with van der Waals surface area (Å²) >= 11 is 0. The molecule has 0 unspecified atom stereocenters. The first-order valence-electron chi connectivity index (χ1n) is 8.86. The Hall–Kier alpha value is -2.17. The normalized spacial score (nSPS) is 24.5. The average molecular weight is 327 g/mol. The number of amides is 2. The molecule has 128 valence electrons. The van der Waals surface area contributed by atoms with Gasteiger partial charge in [0, 0.05) is 18.9 Å². The van der Waals surface area contributed by atoms with E-state index in [2.05, 4.69) is 17.3 Å². The van der Waals surface area contributed by atoms with Crippen molar-refractivity contribution in [1.29, 1.82) is 0 Å². The van der Waals surface area contributed by atoms with Gasteiger partial charge in [-0.2, -0.15) is 5.10 Å². The predicted molar refractivity (Wildman–Crippen MR) is 93.5 cm³/mol. The van der Waals surface area contributed by atoms with E-state index in [0.29, 0.717) is 18.8 Å². The number of hydrogen-bond acceptors (Lipinski definition) is 3. The zero-order chi connectivity index (χ0) is 16.9. The van der Waals surface area contributed by atoms with Crippen LogP contribution in [-0.2, 0) is 9.59 Å². The molecule has 1 aromatic rings. The number of benzene rings is 1. The van der Waals surface area contributed by atoms with Crippen molar-refractivity contribution >= 4 is 17.5 Å².